The van der Waals surface area contributed by atoms with Crippen molar-refractivity contribution >= 4 is 35.2 Å². The lowest BCUT2D eigenvalue weighted by molar-refractivity contribution is -0.140. The van der Waals surface area contributed by atoms with E-state index in [1.54, 1.807) is 30.9 Å². The molecule has 0 spiro atoms. The monoisotopic (exact) mass is 433 g/mol. The molecule has 1 N–H and O–H groups in total. The number of hydrogen-bond acceptors (Lipinski definition) is 4. The Morgan fingerprint density at radius 1 is 1.13 bits per heavy atom. The highest BCUT2D eigenvalue weighted by Crippen LogP contribution is 2.26. The summed E-state index contributed by atoms with van der Waals surface area (Å²) in [6.45, 7) is 8.34. The van der Waals surface area contributed by atoms with E-state index >= 15 is 0 Å². The highest BCUT2D eigenvalue weighted by molar-refractivity contribution is 6.22. The Balaban J connectivity index is 1.63. The number of carbonyl (C=O) groups excluding carboxylic acids is 4. The van der Waals surface area contributed by atoms with Gasteiger partial charge in [-0.1, -0.05) is 0 Å². The van der Waals surface area contributed by atoms with Crippen LogP contribution in [0.15, 0.2) is 18.2 Å². The maximum atomic E-state index is 12.7. The largest absolute Gasteiger partial charge is 0.349 e. The van der Waals surface area contributed by atoms with E-state index in [0.717, 1.165) is 0 Å². The molecule has 0 bridgehead atoms. The first kappa shape index (κ1) is 22.3. The summed E-state index contributed by atoms with van der Waals surface area (Å²) < 4.78 is 0. The number of alkyl halides is 1. The zero-order valence-corrected chi connectivity index (χ0v) is 18.6. The van der Waals surface area contributed by atoms with Gasteiger partial charge in [-0.25, -0.2) is 0 Å². The summed E-state index contributed by atoms with van der Waals surface area (Å²) in [5.41, 5.74) is 0.349. The second kappa shape index (κ2) is 8.38. The minimum Gasteiger partial charge on any atom is -0.349 e. The Morgan fingerprint density at radius 3 is 2.30 bits per heavy atom. The number of hydrogen-bond donors (Lipinski definition) is 1. The molecule has 2 aliphatic heterocycles. The van der Waals surface area contributed by atoms with Crippen molar-refractivity contribution < 1.29 is 19.2 Å². The van der Waals surface area contributed by atoms with Gasteiger partial charge >= 0.3 is 0 Å². The molecule has 2 aliphatic rings. The predicted octanol–water partition coefficient (Wildman–Crippen LogP) is 2.68. The van der Waals surface area contributed by atoms with Crippen LogP contribution in [0.25, 0.3) is 0 Å². The van der Waals surface area contributed by atoms with Gasteiger partial charge in [-0.2, -0.15) is 0 Å². The van der Waals surface area contributed by atoms with E-state index in [1.807, 2.05) is 13.8 Å². The molecule has 0 atom stereocenters. The van der Waals surface area contributed by atoms with E-state index < -0.39 is 5.41 Å². The Kier molecular flexibility index (Phi) is 6.22. The van der Waals surface area contributed by atoms with Crippen molar-refractivity contribution in [2.45, 2.75) is 52.6 Å². The second-order valence-corrected chi connectivity index (χ2v) is 9.16. The molecule has 1 saturated heterocycles. The number of carbonyl (C=O) groups is 4. The fourth-order valence-electron chi connectivity index (χ4n) is 3.85. The number of benzene rings is 1. The zero-order valence-electron chi connectivity index (χ0n) is 17.8. The Morgan fingerprint density at radius 2 is 1.73 bits per heavy atom. The number of rotatable bonds is 5. The van der Waals surface area contributed by atoms with Crippen LogP contribution in [0.3, 0.4) is 0 Å². The number of piperidine rings is 1. The Bertz CT molecular complexity index is 888. The fourth-order valence-corrected chi connectivity index (χ4v) is 3.96. The van der Waals surface area contributed by atoms with Crippen LogP contribution in [-0.2, 0) is 4.79 Å². The molecule has 1 aromatic carbocycles. The van der Waals surface area contributed by atoms with Gasteiger partial charge in [0.25, 0.3) is 17.7 Å². The number of likely N-dealkylation sites (tertiary alicyclic amines) is 1. The average Bonchev–Trinajstić information content (AvgIpc) is 2.97. The van der Waals surface area contributed by atoms with Crippen molar-refractivity contribution in [1.29, 1.82) is 0 Å². The number of fused-ring (bicyclic) bond motifs is 1. The third-order valence-corrected chi connectivity index (χ3v) is 6.40. The maximum absolute atomic E-state index is 12.7. The number of nitrogens with one attached hydrogen (secondary N) is 1. The number of imide groups is 1. The van der Waals surface area contributed by atoms with Crippen LogP contribution in [0.4, 0.5) is 0 Å². The van der Waals surface area contributed by atoms with Crippen molar-refractivity contribution in [1.82, 2.24) is 15.1 Å². The number of amides is 4. The van der Waals surface area contributed by atoms with E-state index in [9.17, 15) is 19.2 Å². The van der Waals surface area contributed by atoms with E-state index in [4.69, 9.17) is 11.6 Å². The van der Waals surface area contributed by atoms with Gasteiger partial charge in [0.2, 0.25) is 5.91 Å². The topological polar surface area (TPSA) is 86.8 Å². The van der Waals surface area contributed by atoms with Crippen molar-refractivity contribution in [3.63, 3.8) is 0 Å². The van der Waals surface area contributed by atoms with Crippen molar-refractivity contribution in [2.75, 3.05) is 19.0 Å². The SMILES string of the molecule is CC(C)N1C(=O)c2ccc(C(=O)NC3CCN(C(=O)C(C)(C)CCl)CC3)cc2C1=O. The molecule has 0 aliphatic carbocycles. The van der Waals surface area contributed by atoms with Gasteiger partial charge in [0.1, 0.15) is 0 Å². The molecule has 2 heterocycles. The zero-order chi connectivity index (χ0) is 22.2. The van der Waals surface area contributed by atoms with Gasteiger partial charge in [0.15, 0.2) is 0 Å². The minimum absolute atomic E-state index is 0.0267. The van der Waals surface area contributed by atoms with Crippen LogP contribution in [-0.4, -0.2) is 64.5 Å². The van der Waals surface area contributed by atoms with Crippen molar-refractivity contribution in [3.05, 3.63) is 34.9 Å². The third kappa shape index (κ3) is 4.08. The summed E-state index contributed by atoms with van der Waals surface area (Å²) in [6, 6.07) is 4.31. The number of nitrogens with zero attached hydrogens (tertiary/aromatic N) is 2. The molecule has 7 nitrogen and oxygen atoms in total. The Labute approximate surface area is 181 Å². The van der Waals surface area contributed by atoms with Crippen molar-refractivity contribution in [2.24, 2.45) is 5.41 Å². The second-order valence-electron chi connectivity index (χ2n) is 8.89. The van der Waals surface area contributed by atoms with E-state index in [2.05, 4.69) is 5.32 Å². The molecule has 4 amide bonds. The smallest absolute Gasteiger partial charge is 0.261 e. The molecule has 0 unspecified atom stereocenters. The van der Waals surface area contributed by atoms with Gasteiger partial charge in [-0.05, 0) is 58.7 Å². The number of halogens is 1. The van der Waals surface area contributed by atoms with Crippen LogP contribution in [0.2, 0.25) is 0 Å². The summed E-state index contributed by atoms with van der Waals surface area (Å²) in [6.07, 6.45) is 1.30. The van der Waals surface area contributed by atoms with Crippen LogP contribution in [0.5, 0.6) is 0 Å². The normalized spacial score (nSPS) is 17.5. The standard InChI is InChI=1S/C22H28ClN3O4/c1-13(2)26-19(28)16-6-5-14(11-17(16)20(26)29)18(27)24-15-7-9-25(10-8-15)21(30)22(3,4)12-23/h5-6,11,13,15H,7-10,12H2,1-4H3,(H,24,27). The van der Waals surface area contributed by atoms with Gasteiger partial charge in [-0.15, -0.1) is 11.6 Å². The van der Waals surface area contributed by atoms with E-state index in [1.165, 1.54) is 11.0 Å². The van der Waals surface area contributed by atoms with Crippen LogP contribution < -0.4 is 5.32 Å². The lowest BCUT2D eigenvalue weighted by Crippen LogP contribution is -2.50. The predicted molar refractivity (Wildman–Crippen MR) is 114 cm³/mol. The lowest BCUT2D eigenvalue weighted by atomic mass is 9.92. The molecule has 8 heteroatoms. The van der Waals surface area contributed by atoms with Crippen molar-refractivity contribution in [3.8, 4) is 0 Å². The molecule has 0 radical (unpaired) electrons. The van der Waals surface area contributed by atoms with Crippen LogP contribution in [0, 0.1) is 5.41 Å². The summed E-state index contributed by atoms with van der Waals surface area (Å²) in [5.74, 6) is -0.691. The molecule has 0 saturated carbocycles. The van der Waals surface area contributed by atoms with Crippen LogP contribution in [0.1, 0.15) is 71.6 Å². The first-order valence-electron chi connectivity index (χ1n) is 10.2. The molecule has 30 heavy (non-hydrogen) atoms. The molecule has 162 valence electrons. The summed E-state index contributed by atoms with van der Waals surface area (Å²) >= 11 is 5.91. The van der Waals surface area contributed by atoms with Gasteiger partial charge in [0.05, 0.1) is 16.5 Å². The first-order chi connectivity index (χ1) is 14.1. The van der Waals surface area contributed by atoms with E-state index in [-0.39, 0.29) is 47.2 Å². The lowest BCUT2D eigenvalue weighted by Gasteiger charge is -2.36. The summed E-state index contributed by atoms with van der Waals surface area (Å²) in [4.78, 5) is 53.2. The molecule has 1 fully saturated rings. The highest BCUT2D eigenvalue weighted by Gasteiger charge is 2.38. The molecular weight excluding hydrogens is 406 g/mol. The maximum Gasteiger partial charge on any atom is 0.261 e. The minimum atomic E-state index is -0.601. The molecule has 3 rings (SSSR count). The average molecular weight is 434 g/mol. The molecule has 0 aromatic heterocycles. The highest BCUT2D eigenvalue weighted by atomic mass is 35.5. The van der Waals surface area contributed by atoms with Gasteiger partial charge in [-0.3, -0.25) is 24.1 Å². The summed E-state index contributed by atoms with van der Waals surface area (Å²) in [7, 11) is 0. The molecular formula is C22H28ClN3O4. The fraction of sp³-hybridized carbons (Fsp3) is 0.545. The third-order valence-electron chi connectivity index (χ3n) is 5.73. The molecule has 1 aromatic rings. The Hall–Kier alpha value is -2.41. The first-order valence-corrected chi connectivity index (χ1v) is 10.8. The van der Waals surface area contributed by atoms with Crippen LogP contribution >= 0.6 is 11.6 Å². The quantitative estimate of drug-likeness (QED) is 0.571. The van der Waals surface area contributed by atoms with Gasteiger partial charge in [0, 0.05) is 36.6 Å². The van der Waals surface area contributed by atoms with Gasteiger partial charge < -0.3 is 10.2 Å². The summed E-state index contributed by atoms with van der Waals surface area (Å²) in [5, 5.41) is 2.99. The van der Waals surface area contributed by atoms with E-state index in [0.29, 0.717) is 37.1 Å².